The van der Waals surface area contributed by atoms with E-state index in [-0.39, 0.29) is 5.91 Å². The van der Waals surface area contributed by atoms with Crippen LogP contribution < -0.4 is 5.32 Å². The van der Waals surface area contributed by atoms with Crippen LogP contribution in [-0.2, 0) is 4.79 Å². The third-order valence-corrected chi connectivity index (χ3v) is 5.14. The number of unbranched alkanes of at least 4 members (excludes halogenated alkanes) is 8. The molecule has 1 amide bonds. The maximum atomic E-state index is 12.1. The molecule has 2 N–H and O–H groups in total. The third kappa shape index (κ3) is 11.3. The van der Waals surface area contributed by atoms with Crippen molar-refractivity contribution < 1.29 is 4.79 Å². The molecule has 0 fully saturated rings. The predicted octanol–water partition coefficient (Wildman–Crippen LogP) is 6.62. The van der Waals surface area contributed by atoms with Crippen molar-refractivity contribution in [2.75, 3.05) is 5.32 Å². The zero-order chi connectivity index (χ0) is 22.0. The number of H-pyrrole nitrogens is 1. The molecule has 1 aromatic carbocycles. The van der Waals surface area contributed by atoms with Gasteiger partial charge in [-0.3, -0.25) is 4.79 Å². The molecule has 1 aromatic heterocycles. The van der Waals surface area contributed by atoms with Crippen molar-refractivity contribution in [1.82, 2.24) is 20.6 Å². The van der Waals surface area contributed by atoms with Crippen molar-refractivity contribution in [2.24, 2.45) is 0 Å². The van der Waals surface area contributed by atoms with Crippen molar-refractivity contribution in [3.63, 3.8) is 0 Å². The first-order valence-electron chi connectivity index (χ1n) is 11.7. The molecule has 2 aromatic rings. The number of anilines is 1. The average Bonchev–Trinajstić information content (AvgIpc) is 3.32. The fourth-order valence-electron chi connectivity index (χ4n) is 3.31. The van der Waals surface area contributed by atoms with Crippen LogP contribution in [0, 0.1) is 0 Å². The van der Waals surface area contributed by atoms with Crippen molar-refractivity contribution >= 4 is 11.6 Å². The second-order valence-corrected chi connectivity index (χ2v) is 7.86. The summed E-state index contributed by atoms with van der Waals surface area (Å²) in [5, 5.41) is 16.7. The Hall–Kier alpha value is -2.76. The Morgan fingerprint density at radius 2 is 1.58 bits per heavy atom. The van der Waals surface area contributed by atoms with Crippen molar-refractivity contribution in [3.05, 3.63) is 48.6 Å². The van der Waals surface area contributed by atoms with Gasteiger partial charge in [-0.25, -0.2) is 5.10 Å². The lowest BCUT2D eigenvalue weighted by Crippen LogP contribution is -2.10. The van der Waals surface area contributed by atoms with E-state index in [1.165, 1.54) is 44.9 Å². The molecule has 0 saturated heterocycles. The molecular weight excluding hydrogens is 386 g/mol. The number of carbonyl (C=O) groups is 1. The summed E-state index contributed by atoms with van der Waals surface area (Å²) in [4.78, 5) is 12.1. The standard InChI is InChI=1S/C25H37N5O/c1-2-3-4-5-6-7-8-9-10-11-12-13-14-15-16-17-24(31)26-23-20-18-22(19-21-23)25-27-29-30-28-25/h6-7,9-10,18-21H,2-5,8,11-17H2,1H3,(H,26,31)(H,27,28,29,30)/b7-6-,10-9-. The van der Waals surface area contributed by atoms with Crippen LogP contribution in [0.3, 0.4) is 0 Å². The Balaban J connectivity index is 1.44. The number of benzene rings is 1. The number of aromatic amines is 1. The Bertz CT molecular complexity index is 766. The first-order chi connectivity index (χ1) is 15.3. The van der Waals surface area contributed by atoms with E-state index >= 15 is 0 Å². The third-order valence-electron chi connectivity index (χ3n) is 5.14. The summed E-state index contributed by atoms with van der Waals surface area (Å²) in [5.74, 6) is 0.683. The summed E-state index contributed by atoms with van der Waals surface area (Å²) in [6.07, 6.45) is 22.8. The van der Waals surface area contributed by atoms with E-state index < -0.39 is 0 Å². The van der Waals surface area contributed by atoms with Crippen LogP contribution in [-0.4, -0.2) is 26.5 Å². The minimum atomic E-state index is 0.0692. The molecule has 0 bridgehead atoms. The van der Waals surface area contributed by atoms with Gasteiger partial charge >= 0.3 is 0 Å². The van der Waals surface area contributed by atoms with Gasteiger partial charge in [0.1, 0.15) is 0 Å². The van der Waals surface area contributed by atoms with Gasteiger partial charge in [0.2, 0.25) is 5.91 Å². The van der Waals surface area contributed by atoms with Crippen molar-refractivity contribution in [2.45, 2.75) is 84.0 Å². The van der Waals surface area contributed by atoms with Gasteiger partial charge in [0, 0.05) is 17.7 Å². The molecule has 31 heavy (non-hydrogen) atoms. The van der Waals surface area contributed by atoms with Crippen LogP contribution in [0.1, 0.15) is 84.0 Å². The number of rotatable bonds is 16. The monoisotopic (exact) mass is 423 g/mol. The van der Waals surface area contributed by atoms with E-state index in [4.69, 9.17) is 0 Å². The molecular formula is C25H37N5O. The molecule has 0 radical (unpaired) electrons. The number of hydrogen-bond donors (Lipinski definition) is 2. The second kappa shape index (κ2) is 16.0. The van der Waals surface area contributed by atoms with Gasteiger partial charge in [0.05, 0.1) is 0 Å². The van der Waals surface area contributed by atoms with Gasteiger partial charge in [0.15, 0.2) is 5.82 Å². The predicted molar refractivity (Wildman–Crippen MR) is 128 cm³/mol. The lowest BCUT2D eigenvalue weighted by Gasteiger charge is -2.06. The lowest BCUT2D eigenvalue weighted by molar-refractivity contribution is -0.116. The molecule has 0 aliphatic rings. The highest BCUT2D eigenvalue weighted by Crippen LogP contribution is 2.17. The second-order valence-electron chi connectivity index (χ2n) is 7.86. The number of amides is 1. The van der Waals surface area contributed by atoms with E-state index in [1.807, 2.05) is 24.3 Å². The fourth-order valence-corrected chi connectivity index (χ4v) is 3.31. The first kappa shape index (κ1) is 24.5. The van der Waals surface area contributed by atoms with E-state index in [2.05, 4.69) is 57.2 Å². The number of carbonyl (C=O) groups excluding carboxylic acids is 1. The molecule has 1 heterocycles. The van der Waals surface area contributed by atoms with Gasteiger partial charge in [-0.2, -0.15) is 0 Å². The molecule has 0 aliphatic heterocycles. The summed E-state index contributed by atoms with van der Waals surface area (Å²) < 4.78 is 0. The fraction of sp³-hybridized carbons (Fsp3) is 0.520. The maximum absolute atomic E-state index is 12.1. The molecule has 0 unspecified atom stereocenters. The summed E-state index contributed by atoms with van der Waals surface area (Å²) in [6, 6.07) is 7.50. The zero-order valence-electron chi connectivity index (χ0n) is 18.9. The number of nitrogens with zero attached hydrogens (tertiary/aromatic N) is 3. The molecule has 0 spiro atoms. The smallest absolute Gasteiger partial charge is 0.224 e. The molecule has 0 atom stereocenters. The van der Waals surface area contributed by atoms with E-state index in [0.29, 0.717) is 12.2 Å². The number of nitrogens with one attached hydrogen (secondary N) is 2. The van der Waals surface area contributed by atoms with Gasteiger partial charge in [-0.1, -0.05) is 63.3 Å². The topological polar surface area (TPSA) is 83.6 Å². The number of allylic oxidation sites excluding steroid dienone is 4. The molecule has 2 rings (SSSR count). The van der Waals surface area contributed by atoms with E-state index in [1.54, 1.807) is 0 Å². The number of tetrazole rings is 1. The Kier molecular flexibility index (Phi) is 12.6. The largest absolute Gasteiger partial charge is 0.326 e. The van der Waals surface area contributed by atoms with Crippen LogP contribution >= 0.6 is 0 Å². The van der Waals surface area contributed by atoms with Gasteiger partial charge in [-0.05, 0) is 73.2 Å². The summed E-state index contributed by atoms with van der Waals surface area (Å²) in [7, 11) is 0. The lowest BCUT2D eigenvalue weighted by atomic mass is 10.1. The van der Waals surface area contributed by atoms with Crippen LogP contribution in [0.25, 0.3) is 11.4 Å². The molecule has 0 saturated carbocycles. The van der Waals surface area contributed by atoms with E-state index in [0.717, 1.165) is 36.9 Å². The van der Waals surface area contributed by atoms with Crippen LogP contribution in [0.4, 0.5) is 5.69 Å². The minimum Gasteiger partial charge on any atom is -0.326 e. The highest BCUT2D eigenvalue weighted by molar-refractivity contribution is 5.90. The number of aromatic nitrogens is 4. The average molecular weight is 424 g/mol. The highest BCUT2D eigenvalue weighted by atomic mass is 16.1. The maximum Gasteiger partial charge on any atom is 0.224 e. The quantitative estimate of drug-likeness (QED) is 0.235. The summed E-state index contributed by atoms with van der Waals surface area (Å²) in [5.41, 5.74) is 1.68. The van der Waals surface area contributed by atoms with Crippen LogP contribution in [0.5, 0.6) is 0 Å². The van der Waals surface area contributed by atoms with Crippen molar-refractivity contribution in [1.29, 1.82) is 0 Å². The zero-order valence-corrected chi connectivity index (χ0v) is 18.9. The van der Waals surface area contributed by atoms with Gasteiger partial charge in [0.25, 0.3) is 0 Å². The van der Waals surface area contributed by atoms with E-state index in [9.17, 15) is 4.79 Å². The molecule has 6 heteroatoms. The summed E-state index contributed by atoms with van der Waals surface area (Å²) in [6.45, 7) is 2.24. The van der Waals surface area contributed by atoms with Gasteiger partial charge in [-0.15, -0.1) is 5.10 Å². The van der Waals surface area contributed by atoms with Crippen LogP contribution in [0.2, 0.25) is 0 Å². The Morgan fingerprint density at radius 1 is 0.903 bits per heavy atom. The molecule has 168 valence electrons. The Labute approximate surface area is 186 Å². The molecule has 6 nitrogen and oxygen atoms in total. The Morgan fingerprint density at radius 3 is 2.26 bits per heavy atom. The molecule has 0 aliphatic carbocycles. The first-order valence-corrected chi connectivity index (χ1v) is 11.7. The van der Waals surface area contributed by atoms with Gasteiger partial charge < -0.3 is 5.32 Å². The minimum absolute atomic E-state index is 0.0692. The van der Waals surface area contributed by atoms with Crippen molar-refractivity contribution in [3.8, 4) is 11.4 Å². The number of hydrogen-bond acceptors (Lipinski definition) is 4. The summed E-state index contributed by atoms with van der Waals surface area (Å²) >= 11 is 0. The normalized spacial score (nSPS) is 11.5. The van der Waals surface area contributed by atoms with Crippen LogP contribution in [0.15, 0.2) is 48.6 Å². The highest BCUT2D eigenvalue weighted by Gasteiger charge is 2.04. The SMILES string of the molecule is CCCCC/C=C\C/C=C\CCCCCCCC(=O)Nc1ccc(-c2nnn[nH]2)cc1.